The molecule has 39 heteroatoms. The molecule has 1 unspecified atom stereocenters. The van der Waals surface area contributed by atoms with E-state index >= 15 is 0 Å². The third-order valence-corrected chi connectivity index (χ3v) is 29.3. The highest BCUT2D eigenvalue weighted by molar-refractivity contribution is 6.40. The van der Waals surface area contributed by atoms with Crippen LogP contribution in [0.2, 0.25) is 40.2 Å². The van der Waals surface area contributed by atoms with Crippen LogP contribution in [0.25, 0.3) is 22.6 Å². The fourth-order valence-electron chi connectivity index (χ4n) is 17.9. The molecule has 4 fully saturated rings. The lowest BCUT2D eigenvalue weighted by atomic mass is 9.93. The van der Waals surface area contributed by atoms with Gasteiger partial charge in [0.25, 0.3) is 23.6 Å². The maximum absolute atomic E-state index is 13.3. The van der Waals surface area contributed by atoms with Crippen molar-refractivity contribution in [2.75, 3.05) is 87.3 Å². The number of aromatic nitrogens is 8. The fourth-order valence-corrected chi connectivity index (χ4v) is 20.3. The SMILES string of the molecule is COC1CCN(C(=O)c2ccc(Cl)c(Cc3nc4c(C)cc(C(F)(F)F)cn4c3C)c2Cl)CC1.COCCC1CCN(C(=O)c2ccc(Cl)c(Cc3nc4c(C)cc(C(F)(F)F)cn4c3C)c2Cl)CC1.Cc1cc(C(F)(F)F)cn2c(C)c(Cc3c(Cl)ccc(C(=O)N4CCC(C)C4)c3Cl)nc12.Cc1cc(C(F)(F)F)cn2c(C)c(Cc3c(Cl)ccc(C(=O)N4CCC(N(C)C)CC4)c3Cl)nc12. The highest BCUT2D eigenvalue weighted by Gasteiger charge is 2.39. The summed E-state index contributed by atoms with van der Waals surface area (Å²) >= 11 is 52.5. The molecule has 0 N–H and O–H groups in total. The number of ether oxygens (including phenoxy) is 2. The average Bonchev–Trinajstić information content (AvgIpc) is 1.63. The second kappa shape index (κ2) is 42.7. The number of rotatable bonds is 17. The molecule has 16 rings (SSSR count). The molecule has 12 aromatic rings. The van der Waals surface area contributed by atoms with Gasteiger partial charge in [-0.05, 0) is 250 Å². The lowest BCUT2D eigenvalue weighted by Crippen LogP contribution is -2.44. The molecule has 4 aliphatic heterocycles. The Morgan fingerprint density at radius 1 is 0.380 bits per heavy atom. The molecule has 4 aromatic carbocycles. The van der Waals surface area contributed by atoms with Crippen LogP contribution in [0.4, 0.5) is 52.7 Å². The first-order chi connectivity index (χ1) is 64.4. The van der Waals surface area contributed by atoms with Gasteiger partial charge in [-0.15, -0.1) is 0 Å². The molecule has 0 spiro atoms. The van der Waals surface area contributed by atoms with E-state index in [1.165, 1.54) is 17.6 Å². The van der Waals surface area contributed by atoms with E-state index in [-0.39, 0.29) is 75.5 Å². The Morgan fingerprint density at radius 3 is 0.876 bits per heavy atom. The Balaban J connectivity index is 0.000000154. The van der Waals surface area contributed by atoms with Crippen molar-refractivity contribution < 1.29 is 81.3 Å². The Kier molecular flexibility index (Phi) is 32.8. The molecule has 19 nitrogen and oxygen atoms in total. The summed E-state index contributed by atoms with van der Waals surface area (Å²) in [5, 5.41) is 2.48. The first kappa shape index (κ1) is 105. The van der Waals surface area contributed by atoms with Gasteiger partial charge in [0, 0.05) is 173 Å². The van der Waals surface area contributed by atoms with E-state index in [0.29, 0.717) is 232 Å². The van der Waals surface area contributed by atoms with E-state index in [1.807, 2.05) is 14.1 Å². The van der Waals surface area contributed by atoms with Crippen molar-refractivity contribution in [1.29, 1.82) is 0 Å². The normalized spacial score (nSPS) is 15.7. The van der Waals surface area contributed by atoms with Gasteiger partial charge in [-0.3, -0.25) is 19.2 Å². The molecule has 0 saturated carbocycles. The third kappa shape index (κ3) is 23.2. The minimum Gasteiger partial charge on any atom is -0.385 e. The predicted molar refractivity (Wildman–Crippen MR) is 509 cm³/mol. The predicted octanol–water partition coefficient (Wildman–Crippen LogP) is 25.3. The van der Waals surface area contributed by atoms with Crippen LogP contribution in [-0.4, -0.2) is 185 Å². The monoisotopic (exact) mass is 2060 g/mol. The van der Waals surface area contributed by atoms with Crippen LogP contribution in [0.3, 0.4) is 0 Å². The summed E-state index contributed by atoms with van der Waals surface area (Å²) in [4.78, 5) is 80.3. The number of carbonyl (C=O) groups is 4. The van der Waals surface area contributed by atoms with Gasteiger partial charge in [-0.25, -0.2) is 19.9 Å². The number of hydrogen-bond acceptors (Lipinski definition) is 11. The number of amides is 4. The minimum absolute atomic E-state index is 0.139. The van der Waals surface area contributed by atoms with E-state index < -0.39 is 47.0 Å². The Hall–Kier alpha value is -9.12. The molecular weight excluding hydrogens is 1970 g/mol. The van der Waals surface area contributed by atoms with Crippen molar-refractivity contribution in [3.63, 3.8) is 0 Å². The minimum atomic E-state index is -4.46. The molecule has 137 heavy (non-hydrogen) atoms. The van der Waals surface area contributed by atoms with Crippen LogP contribution >= 0.6 is 92.8 Å². The first-order valence-electron chi connectivity index (χ1n) is 44.3. The van der Waals surface area contributed by atoms with Crippen LogP contribution < -0.4 is 0 Å². The average molecular weight is 2070 g/mol. The molecule has 734 valence electrons. The molecule has 4 amide bonds. The number of methoxy groups -OCH3 is 2. The number of nitrogens with zero attached hydrogens (tertiary/aromatic N) is 13. The summed E-state index contributed by atoms with van der Waals surface area (Å²) < 4.78 is 176. The maximum Gasteiger partial charge on any atom is 0.417 e. The zero-order valence-electron chi connectivity index (χ0n) is 77.2. The smallest absolute Gasteiger partial charge is 0.385 e. The van der Waals surface area contributed by atoms with E-state index in [9.17, 15) is 71.9 Å². The summed E-state index contributed by atoms with van der Waals surface area (Å²) in [5.41, 5.74) is 8.39. The van der Waals surface area contributed by atoms with E-state index in [0.717, 1.165) is 100 Å². The number of halogens is 20. The highest BCUT2D eigenvalue weighted by Crippen LogP contribution is 2.43. The van der Waals surface area contributed by atoms with Gasteiger partial charge in [-0.1, -0.05) is 99.7 Å². The summed E-state index contributed by atoms with van der Waals surface area (Å²) in [6.45, 7) is 21.1. The van der Waals surface area contributed by atoms with Crippen LogP contribution in [0.5, 0.6) is 0 Å². The molecular formula is C98H101Cl8F12N13O6. The largest absolute Gasteiger partial charge is 0.417 e. The number of carbonyl (C=O) groups excluding carboxylic acids is 4. The number of aryl methyl sites for hydroxylation is 8. The van der Waals surface area contributed by atoms with Crippen LogP contribution in [-0.2, 0) is 59.9 Å². The van der Waals surface area contributed by atoms with Crippen molar-refractivity contribution in [3.8, 4) is 0 Å². The number of piperidine rings is 3. The topological polar surface area (TPSA) is 172 Å². The van der Waals surface area contributed by atoms with Crippen molar-refractivity contribution in [1.82, 2.24) is 62.0 Å². The summed E-state index contributed by atoms with van der Waals surface area (Å²) in [6, 6.07) is 17.8. The summed E-state index contributed by atoms with van der Waals surface area (Å²) in [5.74, 6) is 0.340. The Bertz CT molecular complexity index is 6580. The van der Waals surface area contributed by atoms with E-state index in [2.05, 4.69) is 31.8 Å². The van der Waals surface area contributed by atoms with Crippen molar-refractivity contribution in [3.05, 3.63) is 272 Å². The highest BCUT2D eigenvalue weighted by atomic mass is 35.5. The molecule has 12 heterocycles. The van der Waals surface area contributed by atoms with Gasteiger partial charge in [0.2, 0.25) is 0 Å². The molecule has 1 atom stereocenters. The van der Waals surface area contributed by atoms with Gasteiger partial charge in [0.1, 0.15) is 22.6 Å². The molecule has 4 saturated heterocycles. The number of fused-ring (bicyclic) bond motifs is 4. The number of alkyl halides is 12. The standard InChI is InChI=1S/C26H28Cl2F3N3O2.C25H27Cl2F3N4O.C24H24Cl2F3N3O2.C23H22Cl2F3N3O/c1-15-12-18(26(29,30)31)14-34-16(2)22(32-24(15)34)13-20-21(27)5-4-19(23(20)28)25(35)33-9-6-17(7-10-33)8-11-36-3;1-14-11-16(25(28,29)30)13-34-15(2)21(31-23(14)34)12-19-20(26)6-5-18(22(19)27)24(35)33-9-7-17(8-10-33)32(3)4;1-13-10-15(24(27,28)29)12-32-14(2)20(30-22(13)32)11-18-19(25)5-4-17(21(18)26)23(33)31-8-6-16(34-3)7-9-31;1-12-6-7-30(10-12)22(32)16-4-5-18(24)17(20(16)25)9-19-14(3)31-11-15(23(26,27)28)8-13(2)21(31)29-19/h4-5,12,14,17H,6-11,13H2,1-3H3;5-6,11,13,17H,7-10,12H2,1-4H3;4-5,10,12,16H,6-9,11H2,1-3H3;4-5,8,11-12H,6-7,9-10H2,1-3H3. The second-order valence-electron chi connectivity index (χ2n) is 35.6. The molecule has 0 radical (unpaired) electrons. The Morgan fingerprint density at radius 2 is 0.635 bits per heavy atom. The van der Waals surface area contributed by atoms with Crippen molar-refractivity contribution in [2.24, 2.45) is 11.8 Å². The van der Waals surface area contributed by atoms with Crippen molar-refractivity contribution >= 4 is 139 Å². The summed E-state index contributed by atoms with van der Waals surface area (Å²) in [7, 11) is 7.43. The van der Waals surface area contributed by atoms with Gasteiger partial charge in [0.05, 0.1) is 93.5 Å². The lowest BCUT2D eigenvalue weighted by Gasteiger charge is -2.35. The molecule has 8 aromatic heterocycles. The quantitative estimate of drug-likeness (QED) is 0.0794. The zero-order chi connectivity index (χ0) is 100. The van der Waals surface area contributed by atoms with E-state index in [4.69, 9.17) is 102 Å². The fraction of sp³-hybridized carbons (Fsp3) is 0.429. The van der Waals surface area contributed by atoms with Crippen LogP contribution in [0.15, 0.2) is 97.6 Å². The van der Waals surface area contributed by atoms with E-state index in [1.54, 1.807) is 138 Å². The zero-order valence-corrected chi connectivity index (χ0v) is 83.3. The van der Waals surface area contributed by atoms with Gasteiger partial charge >= 0.3 is 24.7 Å². The number of likely N-dealkylation sites (tertiary alicyclic amines) is 4. The van der Waals surface area contributed by atoms with Crippen LogP contribution in [0, 0.1) is 67.2 Å². The third-order valence-electron chi connectivity index (χ3n) is 26.2. The van der Waals surface area contributed by atoms with Crippen LogP contribution in [0.1, 0.15) is 212 Å². The van der Waals surface area contributed by atoms with Gasteiger partial charge in [0.15, 0.2) is 0 Å². The number of imidazole rings is 4. The number of pyridine rings is 4. The molecule has 0 aliphatic carbocycles. The molecule has 0 bridgehead atoms. The molecule has 4 aliphatic rings. The Labute approximate surface area is 824 Å². The number of hydrogen-bond donors (Lipinski definition) is 0. The second-order valence-corrected chi connectivity index (χ2v) is 38.8. The maximum atomic E-state index is 13.3. The summed E-state index contributed by atoms with van der Waals surface area (Å²) in [6.07, 6.45) is -5.74. The lowest BCUT2D eigenvalue weighted by molar-refractivity contribution is -0.138. The number of benzene rings is 4. The van der Waals surface area contributed by atoms with Gasteiger partial charge < -0.3 is 51.6 Å². The first-order valence-corrected chi connectivity index (χ1v) is 47.3. The van der Waals surface area contributed by atoms with Crippen molar-refractivity contribution in [2.45, 2.75) is 176 Å². The van der Waals surface area contributed by atoms with Gasteiger partial charge in [-0.2, -0.15) is 52.7 Å².